The second kappa shape index (κ2) is 5.93. The summed E-state index contributed by atoms with van der Waals surface area (Å²) in [5, 5.41) is 0. The largest absolute Gasteiger partial charge is 0.380 e. The number of nitrogens with zero attached hydrogens (tertiary/aromatic N) is 1. The minimum atomic E-state index is -0.312. The van der Waals surface area contributed by atoms with Crippen LogP contribution >= 0.6 is 0 Å². The fraction of sp³-hybridized carbons (Fsp3) is 1.00. The maximum atomic E-state index is 5.88. The van der Waals surface area contributed by atoms with Crippen LogP contribution in [0.25, 0.3) is 0 Å². The molecule has 2 atom stereocenters. The van der Waals surface area contributed by atoms with Crippen LogP contribution < -0.4 is 5.73 Å². The number of rotatable bonds is 6. The van der Waals surface area contributed by atoms with Gasteiger partial charge in [0.15, 0.2) is 6.29 Å². The van der Waals surface area contributed by atoms with Gasteiger partial charge >= 0.3 is 0 Å². The van der Waals surface area contributed by atoms with E-state index >= 15 is 0 Å². The molecule has 5 heteroatoms. The molecule has 0 aliphatic carbocycles. The second-order valence-electron chi connectivity index (χ2n) is 4.46. The molecule has 0 aromatic carbocycles. The fourth-order valence-corrected chi connectivity index (χ4v) is 2.36. The molecule has 1 fully saturated rings. The molecule has 0 saturated carbocycles. The van der Waals surface area contributed by atoms with Crippen LogP contribution in [0.5, 0.6) is 0 Å². The van der Waals surface area contributed by atoms with E-state index < -0.39 is 0 Å². The van der Waals surface area contributed by atoms with Crippen LogP contribution in [-0.4, -0.2) is 63.8 Å². The molecule has 0 aromatic heterocycles. The van der Waals surface area contributed by atoms with Crippen molar-refractivity contribution in [3.63, 3.8) is 0 Å². The van der Waals surface area contributed by atoms with Gasteiger partial charge in [-0.3, -0.25) is 4.90 Å². The third-order valence-corrected chi connectivity index (χ3v) is 3.55. The summed E-state index contributed by atoms with van der Waals surface area (Å²) in [6.07, 6.45) is 1.01. The molecule has 96 valence electrons. The number of methoxy groups -OCH3 is 3. The quantitative estimate of drug-likeness (QED) is 0.655. The molecule has 1 rings (SSSR count). The van der Waals surface area contributed by atoms with Crippen LogP contribution in [0, 0.1) is 0 Å². The first-order valence-corrected chi connectivity index (χ1v) is 5.65. The van der Waals surface area contributed by atoms with Crippen molar-refractivity contribution in [3.05, 3.63) is 0 Å². The number of nitrogens with two attached hydrogens (primary N) is 1. The molecule has 1 saturated heterocycles. The Morgan fingerprint density at radius 3 is 2.38 bits per heavy atom. The van der Waals surface area contributed by atoms with Crippen molar-refractivity contribution in [2.24, 2.45) is 5.73 Å². The van der Waals surface area contributed by atoms with Crippen molar-refractivity contribution < 1.29 is 14.2 Å². The first kappa shape index (κ1) is 13.9. The third kappa shape index (κ3) is 2.55. The van der Waals surface area contributed by atoms with E-state index in [0.29, 0.717) is 12.6 Å². The van der Waals surface area contributed by atoms with Gasteiger partial charge < -0.3 is 19.9 Å². The van der Waals surface area contributed by atoms with Gasteiger partial charge in [-0.05, 0) is 13.3 Å². The van der Waals surface area contributed by atoms with E-state index in [1.165, 1.54) is 0 Å². The normalized spacial score (nSPS) is 26.2. The molecule has 0 radical (unpaired) electrons. The summed E-state index contributed by atoms with van der Waals surface area (Å²) in [7, 11) is 5.04. The maximum Gasteiger partial charge on any atom is 0.176 e. The maximum absolute atomic E-state index is 5.88. The van der Waals surface area contributed by atoms with Gasteiger partial charge in [0, 0.05) is 41.0 Å². The molecule has 2 N–H and O–H groups in total. The van der Waals surface area contributed by atoms with Gasteiger partial charge in [-0.15, -0.1) is 0 Å². The van der Waals surface area contributed by atoms with Gasteiger partial charge in [0.1, 0.15) is 0 Å². The van der Waals surface area contributed by atoms with Crippen molar-refractivity contribution in [2.45, 2.75) is 31.3 Å². The van der Waals surface area contributed by atoms with Crippen LogP contribution in [0.4, 0.5) is 0 Å². The minimum absolute atomic E-state index is 0.292. The predicted molar refractivity (Wildman–Crippen MR) is 62.3 cm³/mol. The van der Waals surface area contributed by atoms with Gasteiger partial charge in [0.25, 0.3) is 0 Å². The molecule has 0 spiro atoms. The van der Waals surface area contributed by atoms with Gasteiger partial charge in [-0.2, -0.15) is 0 Å². The summed E-state index contributed by atoms with van der Waals surface area (Å²) in [6.45, 7) is 4.42. The average Bonchev–Trinajstić information content (AvgIpc) is 2.79. The molecular weight excluding hydrogens is 208 g/mol. The molecule has 1 aliphatic heterocycles. The molecule has 1 aliphatic rings. The van der Waals surface area contributed by atoms with E-state index in [1.807, 2.05) is 0 Å². The third-order valence-electron chi connectivity index (χ3n) is 3.55. The Morgan fingerprint density at radius 2 is 2.00 bits per heavy atom. The molecule has 2 unspecified atom stereocenters. The lowest BCUT2D eigenvalue weighted by atomic mass is 9.99. The van der Waals surface area contributed by atoms with E-state index in [9.17, 15) is 0 Å². The molecule has 16 heavy (non-hydrogen) atoms. The van der Waals surface area contributed by atoms with Crippen LogP contribution in [0.15, 0.2) is 0 Å². The zero-order valence-corrected chi connectivity index (χ0v) is 10.7. The first-order chi connectivity index (χ1) is 7.62. The Balaban J connectivity index is 2.72. The van der Waals surface area contributed by atoms with Crippen molar-refractivity contribution in [1.29, 1.82) is 0 Å². The summed E-state index contributed by atoms with van der Waals surface area (Å²) in [4.78, 5) is 2.29. The second-order valence-corrected chi connectivity index (χ2v) is 4.46. The highest BCUT2D eigenvalue weighted by Gasteiger charge is 2.42. The van der Waals surface area contributed by atoms with Gasteiger partial charge in [-0.25, -0.2) is 0 Å². The number of likely N-dealkylation sites (tertiary alicyclic amines) is 1. The standard InChI is InChI=1S/C11H24N2O3/c1-11(8-12,10(15-3)16-4)13-6-5-9(7-13)14-2/h9-10H,5-8,12H2,1-4H3. The Hall–Kier alpha value is -0.200. The Labute approximate surface area is 97.8 Å². The van der Waals surface area contributed by atoms with Crippen molar-refractivity contribution in [3.8, 4) is 0 Å². The van der Waals surface area contributed by atoms with Crippen molar-refractivity contribution >= 4 is 0 Å². The molecule has 1 heterocycles. The van der Waals surface area contributed by atoms with Gasteiger partial charge in [0.2, 0.25) is 0 Å². The molecule has 0 amide bonds. The summed E-state index contributed by atoms with van der Waals surface area (Å²) >= 11 is 0. The summed E-state index contributed by atoms with van der Waals surface area (Å²) in [5.74, 6) is 0. The average molecular weight is 232 g/mol. The Kier molecular flexibility index (Phi) is 5.14. The number of ether oxygens (including phenoxy) is 3. The monoisotopic (exact) mass is 232 g/mol. The lowest BCUT2D eigenvalue weighted by molar-refractivity contribution is -0.178. The van der Waals surface area contributed by atoms with Crippen LogP contribution in [0.2, 0.25) is 0 Å². The SMILES string of the molecule is COC1CCN(C(C)(CN)C(OC)OC)C1. The molecule has 5 nitrogen and oxygen atoms in total. The molecule has 0 aromatic rings. The highest BCUT2D eigenvalue weighted by molar-refractivity contribution is 4.95. The van der Waals surface area contributed by atoms with Crippen LogP contribution in [0.1, 0.15) is 13.3 Å². The summed E-state index contributed by atoms with van der Waals surface area (Å²) in [6, 6.07) is 0. The highest BCUT2D eigenvalue weighted by Crippen LogP contribution is 2.26. The lowest BCUT2D eigenvalue weighted by Gasteiger charge is -2.42. The first-order valence-electron chi connectivity index (χ1n) is 5.65. The summed E-state index contributed by atoms with van der Waals surface area (Å²) in [5.41, 5.74) is 5.59. The van der Waals surface area contributed by atoms with E-state index in [0.717, 1.165) is 19.5 Å². The van der Waals surface area contributed by atoms with Gasteiger partial charge in [0.05, 0.1) is 11.6 Å². The molecular formula is C11H24N2O3. The van der Waals surface area contributed by atoms with Crippen LogP contribution in [0.3, 0.4) is 0 Å². The zero-order chi connectivity index (χ0) is 12.2. The van der Waals surface area contributed by atoms with Crippen molar-refractivity contribution in [1.82, 2.24) is 4.90 Å². The summed E-state index contributed by atoms with van der Waals surface area (Å²) < 4.78 is 16.1. The van der Waals surface area contributed by atoms with E-state index in [4.69, 9.17) is 19.9 Å². The predicted octanol–water partition coefficient (Wildman–Crippen LogP) is 0.0434. The fourth-order valence-electron chi connectivity index (χ4n) is 2.36. The minimum Gasteiger partial charge on any atom is -0.380 e. The highest BCUT2D eigenvalue weighted by atomic mass is 16.7. The van der Waals surface area contributed by atoms with E-state index in [2.05, 4.69) is 11.8 Å². The van der Waals surface area contributed by atoms with E-state index in [-0.39, 0.29) is 11.8 Å². The van der Waals surface area contributed by atoms with Gasteiger partial charge in [-0.1, -0.05) is 0 Å². The van der Waals surface area contributed by atoms with Crippen molar-refractivity contribution in [2.75, 3.05) is 41.0 Å². The number of hydrogen-bond acceptors (Lipinski definition) is 5. The zero-order valence-electron chi connectivity index (χ0n) is 10.7. The topological polar surface area (TPSA) is 57.0 Å². The number of hydrogen-bond donors (Lipinski definition) is 1. The van der Waals surface area contributed by atoms with Crippen LogP contribution in [-0.2, 0) is 14.2 Å². The Bertz CT molecular complexity index is 211. The Morgan fingerprint density at radius 1 is 1.38 bits per heavy atom. The molecule has 0 bridgehead atoms. The smallest absolute Gasteiger partial charge is 0.176 e. The lowest BCUT2D eigenvalue weighted by Crippen LogP contribution is -2.59. The van der Waals surface area contributed by atoms with E-state index in [1.54, 1.807) is 21.3 Å².